The third kappa shape index (κ3) is 4.56. The number of halogens is 2. The van der Waals surface area contributed by atoms with Crippen molar-refractivity contribution in [2.24, 2.45) is 5.92 Å². The molecule has 0 amide bonds. The quantitative estimate of drug-likeness (QED) is 0.814. The lowest BCUT2D eigenvalue weighted by atomic mass is 9.96. The zero-order valence-corrected chi connectivity index (χ0v) is 15.1. The van der Waals surface area contributed by atoms with Crippen LogP contribution in [0.2, 0.25) is 0 Å². The van der Waals surface area contributed by atoms with Crippen LogP contribution in [-0.4, -0.2) is 34.7 Å². The van der Waals surface area contributed by atoms with Crippen LogP contribution < -0.4 is 14.8 Å². The molecule has 1 aromatic rings. The van der Waals surface area contributed by atoms with Gasteiger partial charge in [0.05, 0.1) is 12.0 Å². The van der Waals surface area contributed by atoms with Crippen LogP contribution >= 0.6 is 28.3 Å². The first-order valence-electron chi connectivity index (χ1n) is 6.50. The summed E-state index contributed by atoms with van der Waals surface area (Å²) in [5.41, 5.74) is 0. The number of benzene rings is 1. The third-order valence-corrected chi connectivity index (χ3v) is 6.03. The zero-order chi connectivity index (χ0) is 14.8. The molecule has 1 aromatic carbocycles. The van der Waals surface area contributed by atoms with E-state index in [1.165, 1.54) is 0 Å². The molecule has 1 heterocycles. The van der Waals surface area contributed by atoms with Crippen LogP contribution in [0, 0.1) is 5.92 Å². The standard InChI is InChI=1S/C13H19BrN2O3S.ClH/c1-9-5-6-15-8-12(9)16-20(17,18)13-4-3-10(19-2)7-11(13)14;/h3-4,7,9,12,15-16H,5-6,8H2,1-2H3;1H. The number of hydrogen-bond donors (Lipinski definition) is 2. The van der Waals surface area contributed by atoms with Gasteiger partial charge in [0.2, 0.25) is 10.0 Å². The summed E-state index contributed by atoms with van der Waals surface area (Å²) < 4.78 is 33.3. The van der Waals surface area contributed by atoms with Crippen LogP contribution in [0.15, 0.2) is 27.6 Å². The maximum Gasteiger partial charge on any atom is 0.241 e. The first kappa shape index (κ1) is 18.7. The van der Waals surface area contributed by atoms with E-state index in [9.17, 15) is 8.42 Å². The highest BCUT2D eigenvalue weighted by Gasteiger charge is 2.27. The van der Waals surface area contributed by atoms with Gasteiger partial charge in [-0.3, -0.25) is 0 Å². The molecule has 0 saturated carbocycles. The molecular weight excluding hydrogens is 380 g/mol. The maximum absolute atomic E-state index is 12.5. The van der Waals surface area contributed by atoms with E-state index in [4.69, 9.17) is 4.74 Å². The SMILES string of the molecule is COc1ccc(S(=O)(=O)NC2CNCCC2C)c(Br)c1.Cl. The molecular formula is C13H20BrClN2O3S. The van der Waals surface area contributed by atoms with Crippen molar-refractivity contribution >= 4 is 38.4 Å². The molecule has 8 heteroatoms. The summed E-state index contributed by atoms with van der Waals surface area (Å²) >= 11 is 3.29. The molecule has 1 fully saturated rings. The third-order valence-electron chi connectivity index (χ3n) is 3.56. The molecule has 0 aliphatic carbocycles. The van der Waals surface area contributed by atoms with E-state index >= 15 is 0 Å². The van der Waals surface area contributed by atoms with Crippen LogP contribution in [0.3, 0.4) is 0 Å². The second kappa shape index (κ2) is 7.78. The Morgan fingerprint density at radius 1 is 1.43 bits per heavy atom. The Hall–Kier alpha value is -0.340. The van der Waals surface area contributed by atoms with E-state index in [1.54, 1.807) is 25.3 Å². The van der Waals surface area contributed by atoms with Crippen molar-refractivity contribution in [1.29, 1.82) is 0 Å². The van der Waals surface area contributed by atoms with Gasteiger partial charge >= 0.3 is 0 Å². The van der Waals surface area contributed by atoms with Gasteiger partial charge in [-0.25, -0.2) is 13.1 Å². The Labute approximate surface area is 140 Å². The van der Waals surface area contributed by atoms with Gasteiger partial charge in [-0.05, 0) is 53.0 Å². The van der Waals surface area contributed by atoms with Gasteiger partial charge < -0.3 is 10.1 Å². The van der Waals surface area contributed by atoms with Crippen LogP contribution in [0.5, 0.6) is 5.75 Å². The molecule has 0 bridgehead atoms. The highest BCUT2D eigenvalue weighted by molar-refractivity contribution is 9.10. The summed E-state index contributed by atoms with van der Waals surface area (Å²) in [5, 5.41) is 3.21. The van der Waals surface area contributed by atoms with Crippen molar-refractivity contribution in [3.8, 4) is 5.75 Å². The summed E-state index contributed by atoms with van der Waals surface area (Å²) in [7, 11) is -2.00. The van der Waals surface area contributed by atoms with Crippen molar-refractivity contribution in [2.45, 2.75) is 24.3 Å². The Balaban J connectivity index is 0.00000220. The van der Waals surface area contributed by atoms with Gasteiger partial charge in [-0.15, -0.1) is 12.4 Å². The van der Waals surface area contributed by atoms with Crippen molar-refractivity contribution in [2.75, 3.05) is 20.2 Å². The Morgan fingerprint density at radius 2 is 2.14 bits per heavy atom. The number of rotatable bonds is 4. The van der Waals surface area contributed by atoms with E-state index in [2.05, 4.69) is 32.9 Å². The molecule has 2 atom stereocenters. The van der Waals surface area contributed by atoms with Crippen LogP contribution in [-0.2, 0) is 10.0 Å². The second-order valence-corrected chi connectivity index (χ2v) is 7.53. The molecule has 2 rings (SSSR count). The van der Waals surface area contributed by atoms with E-state index < -0.39 is 10.0 Å². The highest BCUT2D eigenvalue weighted by atomic mass is 79.9. The Bertz CT molecular complexity index is 583. The topological polar surface area (TPSA) is 67.4 Å². The lowest BCUT2D eigenvalue weighted by Crippen LogP contribution is -2.50. The lowest BCUT2D eigenvalue weighted by Gasteiger charge is -2.30. The minimum absolute atomic E-state index is 0. The number of piperidine rings is 1. The number of methoxy groups -OCH3 is 1. The van der Waals surface area contributed by atoms with Gasteiger partial charge in [0, 0.05) is 17.1 Å². The van der Waals surface area contributed by atoms with Gasteiger partial charge in [0.25, 0.3) is 0 Å². The first-order valence-corrected chi connectivity index (χ1v) is 8.78. The van der Waals surface area contributed by atoms with Gasteiger partial charge in [-0.1, -0.05) is 6.92 Å². The fraction of sp³-hybridized carbons (Fsp3) is 0.538. The minimum atomic E-state index is -3.54. The average Bonchev–Trinajstić information content (AvgIpc) is 2.40. The first-order chi connectivity index (χ1) is 9.44. The number of nitrogens with one attached hydrogen (secondary N) is 2. The Kier molecular flexibility index (Phi) is 6.93. The number of ether oxygens (including phenoxy) is 1. The summed E-state index contributed by atoms with van der Waals surface area (Å²) in [4.78, 5) is 0.232. The van der Waals surface area contributed by atoms with Crippen molar-refractivity contribution < 1.29 is 13.2 Å². The van der Waals surface area contributed by atoms with Gasteiger partial charge in [-0.2, -0.15) is 0 Å². The monoisotopic (exact) mass is 398 g/mol. The number of sulfonamides is 1. The average molecular weight is 400 g/mol. The van der Waals surface area contributed by atoms with Gasteiger partial charge in [0.1, 0.15) is 5.75 Å². The highest BCUT2D eigenvalue weighted by Crippen LogP contribution is 2.27. The molecule has 21 heavy (non-hydrogen) atoms. The molecule has 1 aliphatic rings. The maximum atomic E-state index is 12.5. The summed E-state index contributed by atoms with van der Waals surface area (Å²) in [6, 6.07) is 4.76. The molecule has 5 nitrogen and oxygen atoms in total. The van der Waals surface area contributed by atoms with E-state index in [-0.39, 0.29) is 23.3 Å². The molecule has 1 saturated heterocycles. The molecule has 0 aromatic heterocycles. The predicted molar refractivity (Wildman–Crippen MR) is 88.7 cm³/mol. The summed E-state index contributed by atoms with van der Waals surface area (Å²) in [5.74, 6) is 0.937. The van der Waals surface area contributed by atoms with Crippen molar-refractivity contribution in [3.05, 3.63) is 22.7 Å². The van der Waals surface area contributed by atoms with Crippen molar-refractivity contribution in [1.82, 2.24) is 10.0 Å². The largest absolute Gasteiger partial charge is 0.497 e. The molecule has 1 aliphatic heterocycles. The predicted octanol–water partition coefficient (Wildman–Crippen LogP) is 2.16. The molecule has 120 valence electrons. The summed E-state index contributed by atoms with van der Waals surface area (Å²) in [6.45, 7) is 3.66. The molecule has 2 N–H and O–H groups in total. The fourth-order valence-electron chi connectivity index (χ4n) is 2.24. The lowest BCUT2D eigenvalue weighted by molar-refractivity contribution is 0.327. The van der Waals surface area contributed by atoms with E-state index in [0.29, 0.717) is 22.7 Å². The smallest absolute Gasteiger partial charge is 0.241 e. The Morgan fingerprint density at radius 3 is 2.71 bits per heavy atom. The van der Waals surface area contributed by atoms with E-state index in [1.807, 2.05) is 0 Å². The molecule has 2 unspecified atom stereocenters. The van der Waals surface area contributed by atoms with Crippen LogP contribution in [0.25, 0.3) is 0 Å². The van der Waals surface area contributed by atoms with Crippen LogP contribution in [0.1, 0.15) is 13.3 Å². The number of hydrogen-bond acceptors (Lipinski definition) is 4. The van der Waals surface area contributed by atoms with E-state index in [0.717, 1.165) is 13.0 Å². The van der Waals surface area contributed by atoms with Crippen LogP contribution in [0.4, 0.5) is 0 Å². The second-order valence-electron chi connectivity index (χ2n) is 4.99. The fourth-order valence-corrected chi connectivity index (χ4v) is 4.64. The zero-order valence-electron chi connectivity index (χ0n) is 11.9. The minimum Gasteiger partial charge on any atom is -0.497 e. The van der Waals surface area contributed by atoms with Crippen molar-refractivity contribution in [3.63, 3.8) is 0 Å². The summed E-state index contributed by atoms with van der Waals surface area (Å²) in [6.07, 6.45) is 0.969. The molecule has 0 spiro atoms. The normalized spacial score (nSPS) is 22.4. The molecule has 0 radical (unpaired) electrons. The van der Waals surface area contributed by atoms with Gasteiger partial charge in [0.15, 0.2) is 0 Å².